The van der Waals surface area contributed by atoms with Crippen molar-refractivity contribution in [3.63, 3.8) is 0 Å². The molecule has 4 nitrogen and oxygen atoms in total. The van der Waals surface area contributed by atoms with Gasteiger partial charge in [0, 0.05) is 30.7 Å². The van der Waals surface area contributed by atoms with Gasteiger partial charge in [0.05, 0.1) is 6.04 Å². The molecule has 1 aliphatic carbocycles. The number of anilines is 1. The molecule has 0 aromatic heterocycles. The lowest BCUT2D eigenvalue weighted by atomic mass is 9.85. The number of nitrogens with zero attached hydrogens (tertiary/aromatic N) is 1. The van der Waals surface area contributed by atoms with E-state index in [1.807, 2.05) is 0 Å². The monoisotopic (exact) mass is 387 g/mol. The molecule has 1 saturated heterocycles. The van der Waals surface area contributed by atoms with Crippen molar-refractivity contribution in [1.82, 2.24) is 5.32 Å². The zero-order chi connectivity index (χ0) is 16.2. The van der Waals surface area contributed by atoms with Gasteiger partial charge < -0.3 is 16.0 Å². The lowest BCUT2D eigenvalue weighted by Crippen LogP contribution is -2.38. The average Bonchev–Trinajstić information content (AvgIpc) is 3.09. The lowest BCUT2D eigenvalue weighted by Gasteiger charge is -2.27. The van der Waals surface area contributed by atoms with E-state index in [0.717, 1.165) is 38.8 Å². The van der Waals surface area contributed by atoms with Crippen molar-refractivity contribution < 1.29 is 4.79 Å². The molecule has 3 N–H and O–H groups in total. The first-order valence-corrected chi connectivity index (χ1v) is 9.04. The minimum absolute atomic E-state index is 0. The molecule has 3 rings (SSSR count). The van der Waals surface area contributed by atoms with Crippen molar-refractivity contribution >= 4 is 36.4 Å². The predicted octanol–water partition coefficient (Wildman–Crippen LogP) is 3.83. The van der Waals surface area contributed by atoms with Crippen LogP contribution < -0.4 is 16.0 Å². The number of benzene rings is 1. The lowest BCUT2D eigenvalue weighted by molar-refractivity contribution is -0.126. The zero-order valence-corrected chi connectivity index (χ0v) is 16.6. The second-order valence-corrected chi connectivity index (χ2v) is 7.14. The third-order valence-electron chi connectivity index (χ3n) is 5.29. The summed E-state index contributed by atoms with van der Waals surface area (Å²) in [6.07, 6.45) is 6.47. The molecule has 2 fully saturated rings. The molecule has 1 heterocycles. The normalized spacial score (nSPS) is 24.0. The van der Waals surface area contributed by atoms with Crippen LogP contribution in [0.5, 0.6) is 0 Å². The van der Waals surface area contributed by atoms with Gasteiger partial charge in [0.25, 0.3) is 0 Å². The highest BCUT2D eigenvalue weighted by Gasteiger charge is 2.26. The third-order valence-corrected chi connectivity index (χ3v) is 5.29. The largest absolute Gasteiger partial charge is 0.372 e. The van der Waals surface area contributed by atoms with Crippen LogP contribution in [0.4, 0.5) is 5.69 Å². The molecule has 0 bridgehead atoms. The molecular weight excluding hydrogens is 357 g/mol. The van der Waals surface area contributed by atoms with Gasteiger partial charge in [-0.3, -0.25) is 4.79 Å². The van der Waals surface area contributed by atoms with Gasteiger partial charge >= 0.3 is 0 Å². The molecular formula is C19H31Cl2N3O. The van der Waals surface area contributed by atoms with E-state index < -0.39 is 0 Å². The first-order chi connectivity index (χ1) is 11.1. The minimum atomic E-state index is 0. The van der Waals surface area contributed by atoms with E-state index in [0.29, 0.717) is 0 Å². The summed E-state index contributed by atoms with van der Waals surface area (Å²) in [5, 5.41) is 3.19. The predicted molar refractivity (Wildman–Crippen MR) is 109 cm³/mol. The van der Waals surface area contributed by atoms with Gasteiger partial charge in [-0.05, 0) is 56.7 Å². The quantitative estimate of drug-likeness (QED) is 0.824. The van der Waals surface area contributed by atoms with Crippen LogP contribution in [0.1, 0.15) is 57.1 Å². The van der Waals surface area contributed by atoms with E-state index >= 15 is 0 Å². The summed E-state index contributed by atoms with van der Waals surface area (Å²) < 4.78 is 0. The maximum Gasteiger partial charge on any atom is 0.223 e. The fourth-order valence-corrected chi connectivity index (χ4v) is 3.85. The van der Waals surface area contributed by atoms with Crippen LogP contribution in [0.15, 0.2) is 24.3 Å². The van der Waals surface area contributed by atoms with Crippen LogP contribution >= 0.6 is 24.8 Å². The summed E-state index contributed by atoms with van der Waals surface area (Å²) in [7, 11) is 0. The Kier molecular flexibility index (Phi) is 9.04. The highest BCUT2D eigenvalue weighted by atomic mass is 35.5. The van der Waals surface area contributed by atoms with Crippen molar-refractivity contribution in [2.75, 3.05) is 18.0 Å². The average molecular weight is 388 g/mol. The summed E-state index contributed by atoms with van der Waals surface area (Å²) in [4.78, 5) is 14.9. The molecule has 2 aliphatic rings. The molecule has 142 valence electrons. The SMILES string of the molecule is CC(NC(=O)C1CCCC(N)C1)c1cccc(N2CCCC2)c1.Cl.Cl. The second kappa shape index (κ2) is 10.2. The van der Waals surface area contributed by atoms with Gasteiger partial charge in [-0.2, -0.15) is 0 Å². The van der Waals surface area contributed by atoms with E-state index in [-0.39, 0.29) is 48.7 Å². The summed E-state index contributed by atoms with van der Waals surface area (Å²) in [5.41, 5.74) is 8.47. The Balaban J connectivity index is 0.00000156. The molecule has 1 saturated carbocycles. The van der Waals surface area contributed by atoms with Gasteiger partial charge in [0.2, 0.25) is 5.91 Å². The maximum atomic E-state index is 12.5. The first-order valence-electron chi connectivity index (χ1n) is 9.04. The highest BCUT2D eigenvalue weighted by molar-refractivity contribution is 5.85. The van der Waals surface area contributed by atoms with Crippen molar-refractivity contribution in [3.05, 3.63) is 29.8 Å². The minimum Gasteiger partial charge on any atom is -0.372 e. The highest BCUT2D eigenvalue weighted by Crippen LogP contribution is 2.26. The number of carbonyl (C=O) groups excluding carboxylic acids is 1. The van der Waals surface area contributed by atoms with E-state index in [9.17, 15) is 4.79 Å². The van der Waals surface area contributed by atoms with E-state index in [1.54, 1.807) is 0 Å². The Bertz CT molecular complexity index is 549. The van der Waals surface area contributed by atoms with Crippen molar-refractivity contribution in [2.45, 2.75) is 57.5 Å². The Labute approximate surface area is 163 Å². The third kappa shape index (κ3) is 5.77. The molecule has 25 heavy (non-hydrogen) atoms. The maximum absolute atomic E-state index is 12.5. The molecule has 6 heteroatoms. The Morgan fingerprint density at radius 2 is 1.92 bits per heavy atom. The number of amides is 1. The fraction of sp³-hybridized carbons (Fsp3) is 0.632. The zero-order valence-electron chi connectivity index (χ0n) is 14.9. The van der Waals surface area contributed by atoms with E-state index in [4.69, 9.17) is 5.73 Å². The molecule has 0 spiro atoms. The Hall–Kier alpha value is -0.970. The number of rotatable bonds is 4. The summed E-state index contributed by atoms with van der Waals surface area (Å²) in [5.74, 6) is 0.252. The molecule has 1 aromatic rings. The van der Waals surface area contributed by atoms with Crippen LogP contribution in [-0.2, 0) is 4.79 Å². The second-order valence-electron chi connectivity index (χ2n) is 7.14. The van der Waals surface area contributed by atoms with Gasteiger partial charge in [0.1, 0.15) is 0 Å². The van der Waals surface area contributed by atoms with E-state index in [1.165, 1.54) is 24.1 Å². The number of hydrogen-bond donors (Lipinski definition) is 2. The number of halogens is 2. The number of hydrogen-bond acceptors (Lipinski definition) is 3. The Morgan fingerprint density at radius 1 is 1.20 bits per heavy atom. The smallest absolute Gasteiger partial charge is 0.223 e. The Morgan fingerprint density at radius 3 is 2.60 bits per heavy atom. The summed E-state index contributed by atoms with van der Waals surface area (Å²) in [6.45, 7) is 4.36. The molecule has 1 aromatic carbocycles. The number of nitrogens with one attached hydrogen (secondary N) is 1. The van der Waals surface area contributed by atoms with Crippen LogP contribution in [-0.4, -0.2) is 25.0 Å². The molecule has 0 radical (unpaired) electrons. The van der Waals surface area contributed by atoms with Crippen molar-refractivity contribution in [3.8, 4) is 0 Å². The van der Waals surface area contributed by atoms with Crippen LogP contribution in [0.3, 0.4) is 0 Å². The van der Waals surface area contributed by atoms with Gasteiger partial charge in [-0.15, -0.1) is 24.8 Å². The number of nitrogens with two attached hydrogens (primary N) is 1. The van der Waals surface area contributed by atoms with Crippen LogP contribution in [0.2, 0.25) is 0 Å². The molecule has 3 unspecified atom stereocenters. The van der Waals surface area contributed by atoms with Crippen molar-refractivity contribution in [2.24, 2.45) is 11.7 Å². The van der Waals surface area contributed by atoms with Gasteiger partial charge in [0.15, 0.2) is 0 Å². The van der Waals surface area contributed by atoms with Crippen molar-refractivity contribution in [1.29, 1.82) is 0 Å². The van der Waals surface area contributed by atoms with Gasteiger partial charge in [-0.25, -0.2) is 0 Å². The number of carbonyl (C=O) groups is 1. The summed E-state index contributed by atoms with van der Waals surface area (Å²) in [6, 6.07) is 8.84. The van der Waals surface area contributed by atoms with E-state index in [2.05, 4.69) is 41.4 Å². The van der Waals surface area contributed by atoms with Crippen LogP contribution in [0, 0.1) is 5.92 Å². The topological polar surface area (TPSA) is 58.4 Å². The molecule has 1 aliphatic heterocycles. The fourth-order valence-electron chi connectivity index (χ4n) is 3.85. The van der Waals surface area contributed by atoms with Gasteiger partial charge in [-0.1, -0.05) is 18.6 Å². The van der Waals surface area contributed by atoms with Crippen LogP contribution in [0.25, 0.3) is 0 Å². The molecule has 3 atom stereocenters. The molecule has 1 amide bonds. The first kappa shape index (κ1) is 22.1. The summed E-state index contributed by atoms with van der Waals surface area (Å²) >= 11 is 0. The standard InChI is InChI=1S/C19H29N3O.2ClH/c1-14(21-19(23)16-7-4-8-17(20)12-16)15-6-5-9-18(13-15)22-10-2-3-11-22;;/h5-6,9,13-14,16-17H,2-4,7-8,10-12,20H2,1H3,(H,21,23);2*1H.